The zero-order chi connectivity index (χ0) is 21.8. The number of benzene rings is 2. The number of hydrogen-bond acceptors (Lipinski definition) is 5. The summed E-state index contributed by atoms with van der Waals surface area (Å²) in [5.41, 5.74) is 1.33. The number of anilines is 2. The number of methoxy groups -OCH3 is 1. The van der Waals surface area contributed by atoms with Gasteiger partial charge in [0, 0.05) is 5.69 Å². The lowest BCUT2D eigenvalue weighted by molar-refractivity contribution is -0.117. The van der Waals surface area contributed by atoms with Gasteiger partial charge in [0.2, 0.25) is 15.9 Å². The second-order valence-corrected chi connectivity index (χ2v) is 8.28. The maximum Gasteiger partial charge on any atom is 0.338 e. The fourth-order valence-corrected chi connectivity index (χ4v) is 4.18. The standard InChI is InChI=1S/C20H23FN2O5S/c1-5-18(23(29(4,26)27)15-11-9-14(21)10-12-15)19(24)22-17-8-6-7-16(13(17)2)20(25)28-3/h6-12,18H,5H2,1-4H3,(H,22,24)/t18-/m0/s1. The molecule has 0 bridgehead atoms. The Kier molecular flexibility index (Phi) is 6.97. The molecule has 0 fully saturated rings. The van der Waals surface area contributed by atoms with Crippen LogP contribution in [0.4, 0.5) is 15.8 Å². The highest BCUT2D eigenvalue weighted by Crippen LogP contribution is 2.25. The van der Waals surface area contributed by atoms with Gasteiger partial charge in [-0.2, -0.15) is 0 Å². The van der Waals surface area contributed by atoms with Crippen molar-refractivity contribution in [2.75, 3.05) is 23.0 Å². The highest BCUT2D eigenvalue weighted by Gasteiger charge is 2.32. The minimum Gasteiger partial charge on any atom is -0.465 e. The molecule has 2 rings (SSSR count). The van der Waals surface area contributed by atoms with Gasteiger partial charge in [0.1, 0.15) is 11.9 Å². The minimum absolute atomic E-state index is 0.173. The Balaban J connectivity index is 2.41. The molecule has 0 saturated carbocycles. The van der Waals surface area contributed by atoms with E-state index in [1.807, 2.05) is 0 Å². The van der Waals surface area contributed by atoms with E-state index in [9.17, 15) is 22.4 Å². The fraction of sp³-hybridized carbons (Fsp3) is 0.300. The van der Waals surface area contributed by atoms with Crippen molar-refractivity contribution in [3.63, 3.8) is 0 Å². The monoisotopic (exact) mass is 422 g/mol. The quantitative estimate of drug-likeness (QED) is 0.692. The molecule has 0 spiro atoms. The Hall–Kier alpha value is -2.94. The molecule has 1 atom stereocenters. The van der Waals surface area contributed by atoms with Crippen molar-refractivity contribution in [1.82, 2.24) is 0 Å². The summed E-state index contributed by atoms with van der Waals surface area (Å²) in [6.07, 6.45) is 1.15. The molecule has 0 radical (unpaired) electrons. The van der Waals surface area contributed by atoms with E-state index in [4.69, 9.17) is 4.74 Å². The van der Waals surface area contributed by atoms with Crippen molar-refractivity contribution in [3.8, 4) is 0 Å². The van der Waals surface area contributed by atoms with Gasteiger partial charge in [-0.1, -0.05) is 13.0 Å². The molecule has 2 aromatic rings. The lowest BCUT2D eigenvalue weighted by atomic mass is 10.1. The summed E-state index contributed by atoms with van der Waals surface area (Å²) in [7, 11) is -2.58. The number of nitrogens with zero attached hydrogens (tertiary/aromatic N) is 1. The number of carbonyl (C=O) groups excluding carboxylic acids is 2. The first kappa shape index (κ1) is 22.4. The summed E-state index contributed by atoms with van der Waals surface area (Å²) in [6, 6.07) is 8.54. The summed E-state index contributed by atoms with van der Waals surface area (Å²) in [4.78, 5) is 24.8. The lowest BCUT2D eigenvalue weighted by Gasteiger charge is -2.30. The smallest absolute Gasteiger partial charge is 0.338 e. The molecule has 0 aromatic heterocycles. The number of carbonyl (C=O) groups is 2. The van der Waals surface area contributed by atoms with Crippen LogP contribution >= 0.6 is 0 Å². The summed E-state index contributed by atoms with van der Waals surface area (Å²) in [5, 5.41) is 2.69. The number of esters is 1. The Morgan fingerprint density at radius 3 is 2.31 bits per heavy atom. The van der Waals surface area contributed by atoms with Gasteiger partial charge in [0.05, 0.1) is 24.6 Å². The number of halogens is 1. The number of rotatable bonds is 7. The molecule has 2 aromatic carbocycles. The zero-order valence-electron chi connectivity index (χ0n) is 16.6. The third kappa shape index (κ3) is 5.11. The van der Waals surface area contributed by atoms with Crippen molar-refractivity contribution in [2.24, 2.45) is 0 Å². The van der Waals surface area contributed by atoms with E-state index in [1.165, 1.54) is 19.2 Å². The van der Waals surface area contributed by atoms with E-state index in [2.05, 4.69) is 5.32 Å². The van der Waals surface area contributed by atoms with E-state index in [0.717, 1.165) is 22.7 Å². The van der Waals surface area contributed by atoms with Crippen LogP contribution < -0.4 is 9.62 Å². The Morgan fingerprint density at radius 2 is 1.79 bits per heavy atom. The topological polar surface area (TPSA) is 92.8 Å². The first-order valence-electron chi connectivity index (χ1n) is 8.83. The summed E-state index contributed by atoms with van der Waals surface area (Å²) >= 11 is 0. The van der Waals surface area contributed by atoms with E-state index < -0.39 is 33.8 Å². The number of ether oxygens (including phenoxy) is 1. The maximum atomic E-state index is 13.3. The molecule has 9 heteroatoms. The van der Waals surface area contributed by atoms with Crippen molar-refractivity contribution >= 4 is 33.3 Å². The molecule has 0 aliphatic rings. The first-order valence-corrected chi connectivity index (χ1v) is 10.7. The molecule has 29 heavy (non-hydrogen) atoms. The molecule has 0 saturated heterocycles. The molecular formula is C20H23FN2O5S. The predicted molar refractivity (Wildman–Crippen MR) is 109 cm³/mol. The number of amides is 1. The second kappa shape index (κ2) is 9.04. The predicted octanol–water partition coefficient (Wildman–Crippen LogP) is 3.10. The van der Waals surface area contributed by atoms with Crippen LogP contribution in [0.5, 0.6) is 0 Å². The summed E-state index contributed by atoms with van der Waals surface area (Å²) < 4.78 is 43.8. The van der Waals surface area contributed by atoms with Crippen LogP contribution in [0.1, 0.15) is 29.3 Å². The number of sulfonamides is 1. The molecule has 0 unspecified atom stereocenters. The maximum absolute atomic E-state index is 13.3. The Bertz CT molecular complexity index is 1010. The van der Waals surface area contributed by atoms with Gasteiger partial charge in [-0.25, -0.2) is 17.6 Å². The minimum atomic E-state index is -3.84. The molecule has 7 nitrogen and oxygen atoms in total. The van der Waals surface area contributed by atoms with Gasteiger partial charge in [-0.3, -0.25) is 9.10 Å². The molecule has 1 N–H and O–H groups in total. The van der Waals surface area contributed by atoms with Crippen LogP contribution in [0.3, 0.4) is 0 Å². The van der Waals surface area contributed by atoms with E-state index in [1.54, 1.807) is 32.0 Å². The molecule has 0 heterocycles. The lowest BCUT2D eigenvalue weighted by Crippen LogP contribution is -2.47. The van der Waals surface area contributed by atoms with Crippen molar-refractivity contribution in [3.05, 3.63) is 59.4 Å². The zero-order valence-corrected chi connectivity index (χ0v) is 17.4. The third-order valence-corrected chi connectivity index (χ3v) is 5.59. The largest absolute Gasteiger partial charge is 0.465 e. The molecule has 0 aliphatic heterocycles. The third-order valence-electron chi connectivity index (χ3n) is 4.41. The van der Waals surface area contributed by atoms with Crippen LogP contribution in [0.2, 0.25) is 0 Å². The average Bonchev–Trinajstić information content (AvgIpc) is 2.67. The second-order valence-electron chi connectivity index (χ2n) is 6.42. The highest BCUT2D eigenvalue weighted by atomic mass is 32.2. The van der Waals surface area contributed by atoms with Crippen molar-refractivity contribution in [2.45, 2.75) is 26.3 Å². The summed E-state index contributed by atoms with van der Waals surface area (Å²) in [5.74, 6) is -1.64. The molecule has 156 valence electrons. The van der Waals surface area contributed by atoms with Gasteiger partial charge in [0.25, 0.3) is 0 Å². The van der Waals surface area contributed by atoms with Crippen LogP contribution in [0.25, 0.3) is 0 Å². The van der Waals surface area contributed by atoms with Gasteiger partial charge in [-0.05, 0) is 55.3 Å². The Labute approximate surface area is 169 Å². The fourth-order valence-electron chi connectivity index (χ4n) is 2.97. The van der Waals surface area contributed by atoms with Crippen LogP contribution in [0, 0.1) is 12.7 Å². The van der Waals surface area contributed by atoms with E-state index in [0.29, 0.717) is 11.3 Å². The average molecular weight is 422 g/mol. The van der Waals surface area contributed by atoms with Gasteiger partial charge >= 0.3 is 5.97 Å². The van der Waals surface area contributed by atoms with Crippen molar-refractivity contribution < 1.29 is 27.1 Å². The van der Waals surface area contributed by atoms with Crippen LogP contribution in [-0.4, -0.2) is 39.7 Å². The highest BCUT2D eigenvalue weighted by molar-refractivity contribution is 7.92. The van der Waals surface area contributed by atoms with E-state index in [-0.39, 0.29) is 17.7 Å². The van der Waals surface area contributed by atoms with Crippen LogP contribution in [-0.2, 0) is 19.6 Å². The number of hydrogen-bond donors (Lipinski definition) is 1. The summed E-state index contributed by atoms with van der Waals surface area (Å²) in [6.45, 7) is 3.32. The van der Waals surface area contributed by atoms with Gasteiger partial charge < -0.3 is 10.1 Å². The number of nitrogens with one attached hydrogen (secondary N) is 1. The molecular weight excluding hydrogens is 399 g/mol. The van der Waals surface area contributed by atoms with Gasteiger partial charge in [-0.15, -0.1) is 0 Å². The normalized spacial score (nSPS) is 12.2. The first-order chi connectivity index (χ1) is 13.6. The molecule has 1 amide bonds. The van der Waals surface area contributed by atoms with Crippen LogP contribution in [0.15, 0.2) is 42.5 Å². The Morgan fingerprint density at radius 1 is 1.17 bits per heavy atom. The SMILES string of the molecule is CC[C@@H](C(=O)Nc1cccc(C(=O)OC)c1C)N(c1ccc(F)cc1)S(C)(=O)=O. The molecule has 0 aliphatic carbocycles. The van der Waals surface area contributed by atoms with Crippen molar-refractivity contribution in [1.29, 1.82) is 0 Å². The van der Waals surface area contributed by atoms with Gasteiger partial charge in [0.15, 0.2) is 0 Å². The van der Waals surface area contributed by atoms with E-state index >= 15 is 0 Å².